The standard InChI is InChI=1S/C26H19N3O2S/c1-31-24-14-8-6-12-19(24)23-16-32-26(28-23)29-25(30)20-15-22(17-9-3-2-4-10-17)27-21-13-7-5-11-18(20)21/h2-16H,1H3,(H,28,29,30). The van der Waals surface area contributed by atoms with Gasteiger partial charge in [0.25, 0.3) is 5.91 Å². The summed E-state index contributed by atoms with van der Waals surface area (Å²) >= 11 is 1.38. The minimum atomic E-state index is -0.221. The molecule has 1 amide bonds. The largest absolute Gasteiger partial charge is 0.496 e. The van der Waals surface area contributed by atoms with Gasteiger partial charge >= 0.3 is 0 Å². The van der Waals surface area contributed by atoms with Crippen molar-refractivity contribution in [2.24, 2.45) is 0 Å². The van der Waals surface area contributed by atoms with Crippen LogP contribution in [0.2, 0.25) is 0 Å². The lowest BCUT2D eigenvalue weighted by atomic mass is 10.0. The fourth-order valence-corrected chi connectivity index (χ4v) is 4.30. The van der Waals surface area contributed by atoms with Gasteiger partial charge in [-0.3, -0.25) is 10.1 Å². The molecule has 0 unspecified atom stereocenters. The second kappa shape index (κ2) is 8.61. The molecule has 5 nitrogen and oxygen atoms in total. The summed E-state index contributed by atoms with van der Waals surface area (Å²) in [7, 11) is 1.63. The lowest BCUT2D eigenvalue weighted by Gasteiger charge is -2.09. The molecule has 5 rings (SSSR count). The van der Waals surface area contributed by atoms with Crippen LogP contribution in [0, 0.1) is 0 Å². The van der Waals surface area contributed by atoms with Gasteiger partial charge < -0.3 is 4.74 Å². The summed E-state index contributed by atoms with van der Waals surface area (Å²) in [5.74, 6) is 0.519. The van der Waals surface area contributed by atoms with E-state index in [1.165, 1.54) is 11.3 Å². The number of amides is 1. The summed E-state index contributed by atoms with van der Waals surface area (Å²) in [6.07, 6.45) is 0. The van der Waals surface area contributed by atoms with Gasteiger partial charge in [-0.15, -0.1) is 11.3 Å². The minimum absolute atomic E-state index is 0.221. The number of pyridine rings is 1. The van der Waals surface area contributed by atoms with Gasteiger partial charge in [-0.05, 0) is 24.3 Å². The van der Waals surface area contributed by atoms with Crippen molar-refractivity contribution in [1.29, 1.82) is 0 Å². The third-order valence-electron chi connectivity index (χ3n) is 5.14. The number of hydrogen-bond donors (Lipinski definition) is 1. The van der Waals surface area contributed by atoms with Crippen LogP contribution in [0.25, 0.3) is 33.4 Å². The van der Waals surface area contributed by atoms with E-state index >= 15 is 0 Å². The van der Waals surface area contributed by atoms with E-state index in [2.05, 4.69) is 10.3 Å². The predicted molar refractivity (Wildman–Crippen MR) is 129 cm³/mol. The van der Waals surface area contributed by atoms with Gasteiger partial charge in [-0.1, -0.05) is 60.7 Å². The van der Waals surface area contributed by atoms with Crippen LogP contribution in [0.15, 0.2) is 90.3 Å². The topological polar surface area (TPSA) is 64.1 Å². The zero-order chi connectivity index (χ0) is 21.9. The molecule has 0 aliphatic carbocycles. The quantitative estimate of drug-likeness (QED) is 0.351. The van der Waals surface area contributed by atoms with Gasteiger partial charge in [0.1, 0.15) is 5.75 Å². The first-order chi connectivity index (χ1) is 15.7. The van der Waals surface area contributed by atoms with Crippen molar-refractivity contribution in [2.45, 2.75) is 0 Å². The van der Waals surface area contributed by atoms with E-state index in [0.717, 1.165) is 39.2 Å². The molecule has 3 aromatic carbocycles. The number of anilines is 1. The first-order valence-electron chi connectivity index (χ1n) is 10.1. The number of nitrogens with zero attached hydrogens (tertiary/aromatic N) is 2. The second-order valence-corrected chi connectivity index (χ2v) is 7.99. The minimum Gasteiger partial charge on any atom is -0.496 e. The molecule has 2 heterocycles. The number of hydrogen-bond acceptors (Lipinski definition) is 5. The highest BCUT2D eigenvalue weighted by molar-refractivity contribution is 7.14. The molecule has 0 bridgehead atoms. The van der Waals surface area contributed by atoms with Crippen molar-refractivity contribution in [1.82, 2.24) is 9.97 Å². The van der Waals surface area contributed by atoms with Crippen LogP contribution in [0.1, 0.15) is 10.4 Å². The highest BCUT2D eigenvalue weighted by Gasteiger charge is 2.16. The van der Waals surface area contributed by atoms with Crippen LogP contribution in [-0.4, -0.2) is 23.0 Å². The number of thiazole rings is 1. The maximum Gasteiger partial charge on any atom is 0.258 e. The first-order valence-corrected chi connectivity index (χ1v) is 11.0. The molecular formula is C26H19N3O2S. The van der Waals surface area contributed by atoms with E-state index in [1.807, 2.05) is 90.3 Å². The number of carbonyl (C=O) groups excluding carboxylic acids is 1. The molecule has 156 valence electrons. The van der Waals surface area contributed by atoms with Crippen LogP contribution in [0.4, 0.5) is 5.13 Å². The Balaban J connectivity index is 1.50. The number of methoxy groups -OCH3 is 1. The average Bonchev–Trinajstić information content (AvgIpc) is 3.32. The molecule has 2 aromatic heterocycles. The monoisotopic (exact) mass is 437 g/mol. The van der Waals surface area contributed by atoms with E-state index in [1.54, 1.807) is 7.11 Å². The number of carbonyl (C=O) groups is 1. The molecule has 0 fully saturated rings. The summed E-state index contributed by atoms with van der Waals surface area (Å²) in [6, 6.07) is 27.0. The molecule has 0 saturated heterocycles. The number of fused-ring (bicyclic) bond motifs is 1. The number of rotatable bonds is 5. The maximum absolute atomic E-state index is 13.3. The Labute approximate surface area is 189 Å². The summed E-state index contributed by atoms with van der Waals surface area (Å²) < 4.78 is 5.43. The fraction of sp³-hybridized carbons (Fsp3) is 0.0385. The summed E-state index contributed by atoms with van der Waals surface area (Å²) in [6.45, 7) is 0. The van der Waals surface area contributed by atoms with Crippen molar-refractivity contribution in [2.75, 3.05) is 12.4 Å². The van der Waals surface area contributed by atoms with E-state index in [9.17, 15) is 4.79 Å². The van der Waals surface area contributed by atoms with Crippen LogP contribution in [0.5, 0.6) is 5.75 Å². The molecule has 0 saturated carbocycles. The van der Waals surface area contributed by atoms with Crippen LogP contribution in [-0.2, 0) is 0 Å². The average molecular weight is 438 g/mol. The van der Waals surface area contributed by atoms with Crippen molar-refractivity contribution in [3.63, 3.8) is 0 Å². The van der Waals surface area contributed by atoms with Crippen molar-refractivity contribution in [3.8, 4) is 28.3 Å². The van der Waals surface area contributed by atoms with Gasteiger partial charge in [0, 0.05) is 21.9 Å². The third-order valence-corrected chi connectivity index (χ3v) is 5.90. The van der Waals surface area contributed by atoms with Crippen LogP contribution >= 0.6 is 11.3 Å². The number of para-hydroxylation sites is 2. The zero-order valence-electron chi connectivity index (χ0n) is 17.3. The Kier molecular flexibility index (Phi) is 5.35. The summed E-state index contributed by atoms with van der Waals surface area (Å²) in [4.78, 5) is 22.6. The van der Waals surface area contributed by atoms with Gasteiger partial charge in [0.05, 0.1) is 29.6 Å². The van der Waals surface area contributed by atoms with Crippen molar-refractivity contribution < 1.29 is 9.53 Å². The molecule has 0 aliphatic rings. The Morgan fingerprint density at radius 2 is 1.62 bits per heavy atom. The first kappa shape index (κ1) is 19.9. The lowest BCUT2D eigenvalue weighted by Crippen LogP contribution is -2.13. The van der Waals surface area contributed by atoms with Crippen molar-refractivity contribution >= 4 is 33.3 Å². The SMILES string of the molecule is COc1ccccc1-c1csc(NC(=O)c2cc(-c3ccccc3)nc3ccccc23)n1. The summed E-state index contributed by atoms with van der Waals surface area (Å²) in [5, 5.41) is 6.19. The predicted octanol–water partition coefficient (Wildman–Crippen LogP) is 6.29. The molecule has 32 heavy (non-hydrogen) atoms. The van der Waals surface area contributed by atoms with Gasteiger partial charge in [0.15, 0.2) is 5.13 Å². The molecule has 5 aromatic rings. The fourth-order valence-electron chi connectivity index (χ4n) is 3.60. The second-order valence-electron chi connectivity index (χ2n) is 7.13. The molecular weight excluding hydrogens is 418 g/mol. The van der Waals surface area contributed by atoms with Gasteiger partial charge in [-0.2, -0.15) is 0 Å². The number of benzene rings is 3. The maximum atomic E-state index is 13.3. The molecule has 0 spiro atoms. The molecule has 1 N–H and O–H groups in total. The molecule has 0 aliphatic heterocycles. The lowest BCUT2D eigenvalue weighted by molar-refractivity contribution is 0.102. The Hall–Kier alpha value is -4.03. The zero-order valence-corrected chi connectivity index (χ0v) is 18.1. The Morgan fingerprint density at radius 1 is 0.875 bits per heavy atom. The highest BCUT2D eigenvalue weighted by atomic mass is 32.1. The van der Waals surface area contributed by atoms with E-state index in [0.29, 0.717) is 10.7 Å². The summed E-state index contributed by atoms with van der Waals surface area (Å²) in [5.41, 5.74) is 4.68. The Morgan fingerprint density at radius 3 is 2.47 bits per heavy atom. The third kappa shape index (κ3) is 3.84. The highest BCUT2D eigenvalue weighted by Crippen LogP contribution is 2.32. The Bertz CT molecular complexity index is 1410. The number of nitrogens with one attached hydrogen (secondary N) is 1. The van der Waals surface area contributed by atoms with E-state index in [4.69, 9.17) is 9.72 Å². The number of aromatic nitrogens is 2. The molecule has 0 atom stereocenters. The number of ether oxygens (including phenoxy) is 1. The molecule has 6 heteroatoms. The van der Waals surface area contributed by atoms with Gasteiger partial charge in [-0.25, -0.2) is 9.97 Å². The van der Waals surface area contributed by atoms with E-state index in [-0.39, 0.29) is 5.91 Å². The van der Waals surface area contributed by atoms with Crippen LogP contribution in [0.3, 0.4) is 0 Å². The van der Waals surface area contributed by atoms with Crippen molar-refractivity contribution in [3.05, 3.63) is 95.9 Å². The smallest absolute Gasteiger partial charge is 0.258 e. The normalized spacial score (nSPS) is 10.8. The van der Waals surface area contributed by atoms with E-state index < -0.39 is 0 Å². The molecule has 0 radical (unpaired) electrons. The van der Waals surface area contributed by atoms with Crippen LogP contribution < -0.4 is 10.1 Å². The van der Waals surface area contributed by atoms with Gasteiger partial charge in [0.2, 0.25) is 0 Å².